The van der Waals surface area contributed by atoms with Crippen molar-refractivity contribution >= 4 is 5.78 Å². The lowest BCUT2D eigenvalue weighted by atomic mass is 9.42. The van der Waals surface area contributed by atoms with E-state index in [1.807, 2.05) is 32.9 Å². The Labute approximate surface area is 188 Å². The minimum Gasteiger partial charge on any atom is -0.481 e. The van der Waals surface area contributed by atoms with E-state index in [1.54, 1.807) is 19.1 Å². The molecular weight excluding hydrogens is 404 g/mol. The van der Waals surface area contributed by atoms with Gasteiger partial charge in [0.15, 0.2) is 5.78 Å². The van der Waals surface area contributed by atoms with E-state index in [0.717, 1.165) is 29.6 Å². The highest BCUT2D eigenvalue weighted by Gasteiger charge is 2.68. The van der Waals surface area contributed by atoms with Crippen molar-refractivity contribution in [1.82, 2.24) is 0 Å². The van der Waals surface area contributed by atoms with Crippen LogP contribution in [0.5, 0.6) is 5.75 Å². The first kappa shape index (κ1) is 21.4. The number of hydrogen-bond acceptors (Lipinski definition) is 5. The first-order valence-corrected chi connectivity index (χ1v) is 11.5. The number of rotatable bonds is 0. The molecule has 0 unspecified atom stereocenters. The van der Waals surface area contributed by atoms with E-state index in [2.05, 4.69) is 13.8 Å². The molecule has 1 fully saturated rings. The molecule has 5 nitrogen and oxygen atoms in total. The average molecular weight is 437 g/mol. The summed E-state index contributed by atoms with van der Waals surface area (Å²) in [4.78, 5) is 25.1. The molecule has 0 bridgehead atoms. The first-order chi connectivity index (χ1) is 14.9. The van der Waals surface area contributed by atoms with Crippen LogP contribution in [0, 0.1) is 36.5 Å². The molecule has 4 aliphatic rings. The molecule has 0 saturated heterocycles. The summed E-state index contributed by atoms with van der Waals surface area (Å²) < 4.78 is 12.3. The van der Waals surface area contributed by atoms with Gasteiger partial charge < -0.3 is 14.3 Å². The zero-order chi connectivity index (χ0) is 23.2. The second-order valence-electron chi connectivity index (χ2n) is 10.8. The molecule has 5 rings (SSSR count). The third-order valence-corrected chi connectivity index (χ3v) is 9.24. The van der Waals surface area contributed by atoms with Crippen LogP contribution in [0.3, 0.4) is 0 Å². The molecule has 32 heavy (non-hydrogen) atoms. The summed E-state index contributed by atoms with van der Waals surface area (Å²) in [6.45, 7) is 12.1. The fourth-order valence-corrected chi connectivity index (χ4v) is 7.57. The Bertz CT molecular complexity index is 1180. The quantitative estimate of drug-likeness (QED) is 0.611. The van der Waals surface area contributed by atoms with Gasteiger partial charge >= 0.3 is 5.63 Å². The summed E-state index contributed by atoms with van der Waals surface area (Å²) in [5.74, 6) is 1.20. The molecular formula is C27H32O5. The van der Waals surface area contributed by atoms with Gasteiger partial charge in [0.05, 0.1) is 11.7 Å². The van der Waals surface area contributed by atoms with E-state index in [0.29, 0.717) is 23.5 Å². The predicted molar refractivity (Wildman–Crippen MR) is 122 cm³/mol. The van der Waals surface area contributed by atoms with Gasteiger partial charge in [0, 0.05) is 23.3 Å². The molecule has 0 radical (unpaired) electrons. The monoisotopic (exact) mass is 436 g/mol. The van der Waals surface area contributed by atoms with Gasteiger partial charge in [-0.1, -0.05) is 31.6 Å². The van der Waals surface area contributed by atoms with Crippen LogP contribution in [0.1, 0.15) is 57.4 Å². The smallest absolute Gasteiger partial charge is 0.343 e. The summed E-state index contributed by atoms with van der Waals surface area (Å²) in [5, 5.41) is 11.5. The fourth-order valence-electron chi connectivity index (χ4n) is 7.57. The lowest BCUT2D eigenvalue weighted by Crippen LogP contribution is -2.66. The first-order valence-electron chi connectivity index (χ1n) is 11.5. The van der Waals surface area contributed by atoms with Crippen molar-refractivity contribution in [2.45, 2.75) is 72.5 Å². The highest BCUT2D eigenvalue weighted by Crippen LogP contribution is 2.67. The van der Waals surface area contributed by atoms with E-state index < -0.39 is 22.5 Å². The SMILES string of the molecule is CC1=CC(=O)C=C[C@]2(C)[C@H]3[C@H](O)C=C(C)[C@@]4(Cc5c(c(C)c(C)oc5=O)O4)[C@]3(C)CC[C@@H]12. The Balaban J connectivity index is 1.72. The van der Waals surface area contributed by atoms with Crippen molar-refractivity contribution in [3.05, 3.63) is 62.8 Å². The molecule has 3 aliphatic carbocycles. The van der Waals surface area contributed by atoms with Gasteiger partial charge in [-0.3, -0.25) is 4.79 Å². The Morgan fingerprint density at radius 2 is 1.84 bits per heavy atom. The number of ether oxygens (including phenoxy) is 1. The van der Waals surface area contributed by atoms with Crippen molar-refractivity contribution in [1.29, 1.82) is 0 Å². The van der Waals surface area contributed by atoms with Crippen LogP contribution < -0.4 is 10.4 Å². The Hall–Kier alpha value is -2.40. The molecule has 1 aliphatic heterocycles. The maximum absolute atomic E-state index is 12.8. The van der Waals surface area contributed by atoms with Crippen molar-refractivity contribution in [2.24, 2.45) is 22.7 Å². The van der Waals surface area contributed by atoms with E-state index in [-0.39, 0.29) is 23.2 Å². The number of aliphatic hydroxyl groups excluding tert-OH is 1. The van der Waals surface area contributed by atoms with Crippen LogP contribution >= 0.6 is 0 Å². The average Bonchev–Trinajstić information content (AvgIpc) is 3.08. The summed E-state index contributed by atoms with van der Waals surface area (Å²) in [6, 6.07) is 0. The van der Waals surface area contributed by atoms with Crippen LogP contribution in [0.2, 0.25) is 0 Å². The van der Waals surface area contributed by atoms with Gasteiger partial charge in [-0.25, -0.2) is 4.79 Å². The number of aryl methyl sites for hydroxylation is 1. The van der Waals surface area contributed by atoms with Gasteiger partial charge in [-0.15, -0.1) is 0 Å². The molecule has 2 heterocycles. The Morgan fingerprint density at radius 3 is 2.56 bits per heavy atom. The summed E-state index contributed by atoms with van der Waals surface area (Å²) in [5.41, 5.74) is 1.54. The molecule has 0 aromatic carbocycles. The summed E-state index contributed by atoms with van der Waals surface area (Å²) in [6.07, 6.45) is 8.80. The number of carbonyl (C=O) groups excluding carboxylic acids is 1. The van der Waals surface area contributed by atoms with Crippen molar-refractivity contribution < 1.29 is 19.1 Å². The highest BCUT2D eigenvalue weighted by atomic mass is 16.5. The van der Waals surface area contributed by atoms with Gasteiger partial charge in [0.2, 0.25) is 0 Å². The minimum absolute atomic E-state index is 0.000192. The number of hydrogen-bond donors (Lipinski definition) is 1. The molecule has 6 atom stereocenters. The van der Waals surface area contributed by atoms with Crippen LogP contribution in [0.25, 0.3) is 0 Å². The second-order valence-corrected chi connectivity index (χ2v) is 10.8. The lowest BCUT2D eigenvalue weighted by Gasteiger charge is -2.63. The standard InChI is InChI=1S/C27H32O5/c1-14-11-18(28)7-9-25(5)20(14)8-10-26(6)23(25)21(29)12-15(2)27(26)13-19-22(32-27)16(3)17(4)31-24(19)30/h7,9,11-12,20-21,23,29H,8,10,13H2,1-6H3/t20-,21+,23+,25-,26+,27-/m0/s1. The highest BCUT2D eigenvalue weighted by molar-refractivity contribution is 6.00. The largest absolute Gasteiger partial charge is 0.481 e. The summed E-state index contributed by atoms with van der Waals surface area (Å²) in [7, 11) is 0. The molecule has 1 spiro atoms. The Morgan fingerprint density at radius 1 is 1.12 bits per heavy atom. The third kappa shape index (κ3) is 2.49. The number of allylic oxidation sites excluding steroid dienone is 4. The fraction of sp³-hybridized carbons (Fsp3) is 0.556. The molecule has 1 N–H and O–H groups in total. The van der Waals surface area contributed by atoms with E-state index in [4.69, 9.17) is 9.15 Å². The third-order valence-electron chi connectivity index (χ3n) is 9.24. The zero-order valence-electron chi connectivity index (χ0n) is 19.7. The maximum atomic E-state index is 12.8. The lowest BCUT2D eigenvalue weighted by molar-refractivity contribution is -0.158. The van der Waals surface area contributed by atoms with E-state index >= 15 is 0 Å². The minimum atomic E-state index is -0.734. The molecule has 1 aromatic rings. The number of ketones is 1. The topological polar surface area (TPSA) is 76.7 Å². The molecule has 0 amide bonds. The van der Waals surface area contributed by atoms with Gasteiger partial charge in [0.1, 0.15) is 17.1 Å². The Kier molecular flexibility index (Phi) is 4.40. The van der Waals surface area contributed by atoms with Crippen molar-refractivity contribution in [2.75, 3.05) is 0 Å². The van der Waals surface area contributed by atoms with Crippen molar-refractivity contribution in [3.8, 4) is 5.75 Å². The van der Waals surface area contributed by atoms with E-state index in [9.17, 15) is 14.7 Å². The number of aliphatic hydroxyl groups is 1. The second kappa shape index (κ2) is 6.57. The molecule has 5 heteroatoms. The molecule has 1 aromatic heterocycles. The maximum Gasteiger partial charge on any atom is 0.343 e. The van der Waals surface area contributed by atoms with Gasteiger partial charge in [-0.2, -0.15) is 0 Å². The van der Waals surface area contributed by atoms with E-state index in [1.165, 1.54) is 0 Å². The number of carbonyl (C=O) groups is 1. The van der Waals surface area contributed by atoms with Crippen molar-refractivity contribution in [3.63, 3.8) is 0 Å². The van der Waals surface area contributed by atoms with Crippen LogP contribution in [0.15, 0.2) is 44.7 Å². The predicted octanol–water partition coefficient (Wildman–Crippen LogP) is 4.38. The van der Waals surface area contributed by atoms with Crippen LogP contribution in [-0.2, 0) is 11.2 Å². The summed E-state index contributed by atoms with van der Waals surface area (Å²) >= 11 is 0. The van der Waals surface area contributed by atoms with Gasteiger partial charge in [-0.05, 0) is 69.6 Å². The number of fused-ring (bicyclic) bond motifs is 5. The zero-order valence-corrected chi connectivity index (χ0v) is 19.7. The molecule has 1 saturated carbocycles. The van der Waals surface area contributed by atoms with Gasteiger partial charge in [0.25, 0.3) is 0 Å². The van der Waals surface area contributed by atoms with Crippen LogP contribution in [0.4, 0.5) is 0 Å². The molecule has 170 valence electrons. The van der Waals surface area contributed by atoms with Crippen LogP contribution in [-0.4, -0.2) is 22.6 Å². The normalized spacial score (nSPS) is 40.1.